The highest BCUT2D eigenvalue weighted by atomic mass is 32.2. The molecule has 0 unspecified atom stereocenters. The molecule has 30 heavy (non-hydrogen) atoms. The number of aryl methyl sites for hydroxylation is 1. The summed E-state index contributed by atoms with van der Waals surface area (Å²) < 4.78 is 27.8. The fourth-order valence-electron chi connectivity index (χ4n) is 3.22. The molecule has 0 bridgehead atoms. The second-order valence-corrected chi connectivity index (χ2v) is 8.59. The lowest BCUT2D eigenvalue weighted by molar-refractivity contribution is -0.111. The van der Waals surface area contributed by atoms with Crippen LogP contribution in [0.4, 0.5) is 4.39 Å². The zero-order chi connectivity index (χ0) is 20.5. The minimum absolute atomic E-state index is 0.298. The first kappa shape index (κ1) is 19.2. The second kappa shape index (κ2) is 8.17. The molecule has 5 rings (SSSR count). The normalized spacial score (nSPS) is 15.6. The monoisotopic (exact) mass is 440 g/mol. The molecule has 0 fully saturated rings. The largest absolute Gasteiger partial charge is 0.460 e. The zero-order valence-electron chi connectivity index (χ0n) is 16.0. The average Bonchev–Trinajstić information content (AvgIpc) is 3.44. The number of thiophene rings is 1. The number of thioether (sulfide) groups is 1. The number of hydrogen-bond donors (Lipinski definition) is 0. The molecule has 6 nitrogen and oxygen atoms in total. The van der Waals surface area contributed by atoms with Crippen molar-refractivity contribution in [1.29, 1.82) is 0 Å². The lowest BCUT2D eigenvalue weighted by Crippen LogP contribution is -2.18. The van der Waals surface area contributed by atoms with Crippen molar-refractivity contribution in [3.8, 4) is 11.4 Å². The first-order valence-corrected chi connectivity index (χ1v) is 11.2. The van der Waals surface area contributed by atoms with Crippen LogP contribution in [0.3, 0.4) is 0 Å². The summed E-state index contributed by atoms with van der Waals surface area (Å²) in [5, 5.41) is 16.6. The third-order valence-corrected chi connectivity index (χ3v) is 6.38. The highest BCUT2D eigenvalue weighted by Gasteiger charge is 2.26. The molecule has 1 aliphatic rings. The Morgan fingerprint density at radius 3 is 2.90 bits per heavy atom. The molecule has 2 aromatic heterocycles. The molecule has 0 saturated heterocycles. The van der Waals surface area contributed by atoms with Crippen molar-refractivity contribution in [2.24, 2.45) is 0 Å². The first-order chi connectivity index (χ1) is 14.7. The van der Waals surface area contributed by atoms with Gasteiger partial charge < -0.3 is 9.47 Å². The highest BCUT2D eigenvalue weighted by Crippen LogP contribution is 2.39. The molecule has 9 heteroatoms. The minimum Gasteiger partial charge on any atom is -0.460 e. The first-order valence-electron chi connectivity index (χ1n) is 9.27. The van der Waals surface area contributed by atoms with Crippen LogP contribution in [0.15, 0.2) is 58.4 Å². The number of rotatable bonds is 5. The number of halogens is 1. The summed E-state index contributed by atoms with van der Waals surface area (Å²) in [6.45, 7) is 2.32. The van der Waals surface area contributed by atoms with Gasteiger partial charge in [-0.05, 0) is 53.1 Å². The molecule has 0 spiro atoms. The van der Waals surface area contributed by atoms with E-state index in [-0.39, 0.29) is 5.82 Å². The molecule has 0 saturated carbocycles. The minimum atomic E-state index is -0.490. The molecule has 0 N–H and O–H groups in total. The van der Waals surface area contributed by atoms with Crippen molar-refractivity contribution in [2.75, 3.05) is 0 Å². The molecule has 3 heterocycles. The second-order valence-electron chi connectivity index (χ2n) is 6.87. The third-order valence-electron chi connectivity index (χ3n) is 4.71. The number of ether oxygens (including phenoxy) is 2. The lowest BCUT2D eigenvalue weighted by Gasteiger charge is -2.27. The van der Waals surface area contributed by atoms with Crippen LogP contribution in [0, 0.1) is 12.7 Å². The Labute approximate surface area is 180 Å². The Balaban J connectivity index is 1.40. The van der Waals surface area contributed by atoms with Gasteiger partial charge in [-0.3, -0.25) is 0 Å². The number of benzene rings is 2. The molecule has 1 atom stereocenters. The smallest absolute Gasteiger partial charge is 0.227 e. The van der Waals surface area contributed by atoms with Crippen LogP contribution in [0.2, 0.25) is 0 Å². The number of tetrazole rings is 1. The molecular formula is C21H17FN4O2S2. The summed E-state index contributed by atoms with van der Waals surface area (Å²) in [6.07, 6.45) is -0.490. The van der Waals surface area contributed by atoms with E-state index in [0.717, 1.165) is 22.4 Å². The van der Waals surface area contributed by atoms with Gasteiger partial charge in [0.05, 0.1) is 12.3 Å². The van der Waals surface area contributed by atoms with Crippen molar-refractivity contribution >= 4 is 23.1 Å². The van der Waals surface area contributed by atoms with E-state index in [1.165, 1.54) is 23.9 Å². The van der Waals surface area contributed by atoms with Gasteiger partial charge in [-0.1, -0.05) is 29.5 Å². The molecule has 1 aliphatic heterocycles. The quantitative estimate of drug-likeness (QED) is 0.404. The third kappa shape index (κ3) is 3.83. The molecule has 4 aromatic rings. The molecule has 0 radical (unpaired) electrons. The Kier molecular flexibility index (Phi) is 5.24. The van der Waals surface area contributed by atoms with Crippen molar-refractivity contribution in [1.82, 2.24) is 20.2 Å². The summed E-state index contributed by atoms with van der Waals surface area (Å²) in [7, 11) is 0. The van der Waals surface area contributed by atoms with Crippen LogP contribution in [0.25, 0.3) is 5.69 Å². The van der Waals surface area contributed by atoms with Crippen molar-refractivity contribution in [3.63, 3.8) is 0 Å². The predicted molar refractivity (Wildman–Crippen MR) is 112 cm³/mol. The molecule has 0 aliphatic carbocycles. The van der Waals surface area contributed by atoms with E-state index in [9.17, 15) is 4.39 Å². The maximum Gasteiger partial charge on any atom is 0.227 e. The Bertz CT molecular complexity index is 1160. The van der Waals surface area contributed by atoms with Gasteiger partial charge >= 0.3 is 0 Å². The lowest BCUT2D eigenvalue weighted by atomic mass is 10.1. The van der Waals surface area contributed by atoms with Gasteiger partial charge in [0.25, 0.3) is 0 Å². The molecule has 152 valence electrons. The summed E-state index contributed by atoms with van der Waals surface area (Å²) in [6, 6.07) is 12.9. The van der Waals surface area contributed by atoms with Gasteiger partial charge in [0.15, 0.2) is 0 Å². The van der Waals surface area contributed by atoms with Gasteiger partial charge in [0.1, 0.15) is 11.6 Å². The van der Waals surface area contributed by atoms with Gasteiger partial charge in [0, 0.05) is 27.8 Å². The molecular weight excluding hydrogens is 423 g/mol. The van der Waals surface area contributed by atoms with Crippen molar-refractivity contribution in [2.45, 2.75) is 30.7 Å². The van der Waals surface area contributed by atoms with Gasteiger partial charge in [-0.25, -0.2) is 4.39 Å². The Morgan fingerprint density at radius 1 is 1.23 bits per heavy atom. The molecule has 2 aromatic carbocycles. The zero-order valence-corrected chi connectivity index (χ0v) is 17.6. The maximum atomic E-state index is 14.2. The summed E-state index contributed by atoms with van der Waals surface area (Å²) >= 11 is 3.01. The summed E-state index contributed by atoms with van der Waals surface area (Å²) in [4.78, 5) is 0. The van der Waals surface area contributed by atoms with Crippen LogP contribution in [0.5, 0.6) is 5.75 Å². The van der Waals surface area contributed by atoms with Crippen LogP contribution in [-0.2, 0) is 17.1 Å². The average molecular weight is 441 g/mol. The standard InChI is InChI=1S/C21H17FN4O2S2/c1-13-2-4-18(5-3-13)26-21(23-24-25-26)30-12-16-9-17(22)8-15-10-27-20(28-19(15)16)14-6-7-29-11-14/h2-9,11,20H,10,12H2,1H3/t20-/m0/s1. The van der Waals surface area contributed by atoms with Crippen molar-refractivity contribution < 1.29 is 13.9 Å². The van der Waals surface area contributed by atoms with Crippen molar-refractivity contribution in [3.05, 3.63) is 81.3 Å². The van der Waals surface area contributed by atoms with E-state index >= 15 is 0 Å². The Hall–Kier alpha value is -2.75. The fraction of sp³-hybridized carbons (Fsp3) is 0.190. The summed E-state index contributed by atoms with van der Waals surface area (Å²) in [5.41, 5.74) is 4.44. The Morgan fingerprint density at radius 2 is 2.10 bits per heavy atom. The fourth-order valence-corrected chi connectivity index (χ4v) is 4.74. The van der Waals surface area contributed by atoms with E-state index in [0.29, 0.717) is 28.8 Å². The number of fused-ring (bicyclic) bond motifs is 1. The van der Waals surface area contributed by atoms with E-state index in [4.69, 9.17) is 9.47 Å². The topological polar surface area (TPSA) is 62.1 Å². The van der Waals surface area contributed by atoms with Crippen LogP contribution < -0.4 is 4.74 Å². The SMILES string of the molecule is Cc1ccc(-n2nnnc2SCc2cc(F)cc3c2O[C@@H](c2ccsc2)OC3)cc1. The van der Waals surface area contributed by atoms with Gasteiger partial charge in [0.2, 0.25) is 11.4 Å². The van der Waals surface area contributed by atoms with E-state index in [1.807, 2.05) is 48.0 Å². The van der Waals surface area contributed by atoms with E-state index < -0.39 is 6.29 Å². The van der Waals surface area contributed by atoms with Crippen LogP contribution in [-0.4, -0.2) is 20.2 Å². The predicted octanol–water partition coefficient (Wildman–Crippen LogP) is 5.07. The number of nitrogens with zero attached hydrogens (tertiary/aromatic N) is 4. The van der Waals surface area contributed by atoms with Gasteiger partial charge in [-0.15, -0.1) is 5.10 Å². The van der Waals surface area contributed by atoms with E-state index in [1.54, 1.807) is 16.0 Å². The maximum absolute atomic E-state index is 14.2. The summed E-state index contributed by atoms with van der Waals surface area (Å²) in [5.74, 6) is 0.812. The van der Waals surface area contributed by atoms with Crippen LogP contribution >= 0.6 is 23.1 Å². The number of aromatic nitrogens is 4. The highest BCUT2D eigenvalue weighted by molar-refractivity contribution is 7.98. The van der Waals surface area contributed by atoms with Crippen LogP contribution in [0.1, 0.15) is 28.5 Å². The van der Waals surface area contributed by atoms with E-state index in [2.05, 4.69) is 15.5 Å². The molecule has 0 amide bonds. The number of hydrogen-bond acceptors (Lipinski definition) is 7. The van der Waals surface area contributed by atoms with Gasteiger partial charge in [-0.2, -0.15) is 16.0 Å².